The van der Waals surface area contributed by atoms with Crippen LogP contribution in [0.1, 0.15) is 55.2 Å². The molecular formula is C21H26FN5O4. The number of hydrogen-bond donors (Lipinski definition) is 2. The summed E-state index contributed by atoms with van der Waals surface area (Å²) >= 11 is 0. The molecule has 2 saturated carbocycles. The predicted octanol–water partition coefficient (Wildman–Crippen LogP) is 3.09. The van der Waals surface area contributed by atoms with Crippen molar-refractivity contribution in [2.75, 3.05) is 18.4 Å². The molecular weight excluding hydrogens is 405 g/mol. The van der Waals surface area contributed by atoms with Crippen LogP contribution in [-0.2, 0) is 16.0 Å². The maximum Gasteiger partial charge on any atom is 0.410 e. The number of carbonyl (C=O) groups is 2. The van der Waals surface area contributed by atoms with Crippen molar-refractivity contribution in [3.63, 3.8) is 0 Å². The molecule has 0 aromatic carbocycles. The van der Waals surface area contributed by atoms with Gasteiger partial charge in [0.1, 0.15) is 17.5 Å². The number of hydrogen-bond acceptors (Lipinski definition) is 6. The van der Waals surface area contributed by atoms with Crippen molar-refractivity contribution in [3.05, 3.63) is 29.3 Å². The molecule has 2 saturated heterocycles. The van der Waals surface area contributed by atoms with Crippen LogP contribution >= 0.6 is 0 Å². The molecule has 0 spiro atoms. The van der Waals surface area contributed by atoms with Gasteiger partial charge in [0.05, 0.1) is 18.7 Å². The summed E-state index contributed by atoms with van der Waals surface area (Å²) in [4.78, 5) is 26.1. The second-order valence-electron chi connectivity index (χ2n) is 9.19. The Hall–Kier alpha value is -2.91. The summed E-state index contributed by atoms with van der Waals surface area (Å²) in [5.41, 5.74) is 0.414. The summed E-state index contributed by atoms with van der Waals surface area (Å²) in [5, 5.41) is 13.7. The zero-order chi connectivity index (χ0) is 21.6. The lowest BCUT2D eigenvalue weighted by atomic mass is 9.69. The van der Waals surface area contributed by atoms with Crippen LogP contribution < -0.4 is 5.32 Å². The summed E-state index contributed by atoms with van der Waals surface area (Å²) in [6, 6.07) is 3.53. The lowest BCUT2D eigenvalue weighted by Gasteiger charge is -2.50. The molecule has 2 aliphatic carbocycles. The normalized spacial score (nSPS) is 29.5. The van der Waals surface area contributed by atoms with Crippen molar-refractivity contribution in [3.8, 4) is 0 Å². The molecule has 166 valence electrons. The summed E-state index contributed by atoms with van der Waals surface area (Å²) in [5.74, 6) is 1.13. The number of anilines is 1. The molecule has 4 aliphatic rings. The molecule has 2 bridgehead atoms. The minimum absolute atomic E-state index is 0.0853. The quantitative estimate of drug-likeness (QED) is 0.752. The molecule has 10 heteroatoms. The largest absolute Gasteiger partial charge is 0.446 e. The van der Waals surface area contributed by atoms with Crippen LogP contribution in [0.4, 0.5) is 15.0 Å². The third kappa shape index (κ3) is 4.28. The van der Waals surface area contributed by atoms with Crippen molar-refractivity contribution in [1.82, 2.24) is 20.3 Å². The van der Waals surface area contributed by atoms with Gasteiger partial charge < -0.3 is 19.5 Å². The van der Waals surface area contributed by atoms with Crippen LogP contribution in [0.2, 0.25) is 0 Å². The SMILES string of the molecule is Cc1cc(CC(=O)Nc2cc([C@H]3CC[C@@H](OC(=O)N4CC5CC(F)(C5)C4)C3)[nH]n2)on1. The Kier molecular flexibility index (Phi) is 4.94. The van der Waals surface area contributed by atoms with Crippen molar-refractivity contribution < 1.29 is 23.2 Å². The number of ether oxygens (including phenoxy) is 1. The molecule has 0 unspecified atom stereocenters. The highest BCUT2D eigenvalue weighted by Crippen LogP contribution is 2.46. The number of aromatic amines is 1. The summed E-state index contributed by atoms with van der Waals surface area (Å²) < 4.78 is 25.0. The Morgan fingerprint density at radius 2 is 2.23 bits per heavy atom. The van der Waals surface area contributed by atoms with E-state index >= 15 is 0 Å². The lowest BCUT2D eigenvalue weighted by molar-refractivity contribution is -0.115. The van der Waals surface area contributed by atoms with E-state index < -0.39 is 11.8 Å². The van der Waals surface area contributed by atoms with E-state index in [9.17, 15) is 14.0 Å². The third-order valence-electron chi connectivity index (χ3n) is 6.49. The van der Waals surface area contributed by atoms with Crippen LogP contribution in [0.3, 0.4) is 0 Å². The zero-order valence-corrected chi connectivity index (χ0v) is 17.4. The van der Waals surface area contributed by atoms with E-state index in [2.05, 4.69) is 20.7 Å². The molecule has 2 N–H and O–H groups in total. The first-order chi connectivity index (χ1) is 14.8. The number of alkyl halides is 1. The number of halogens is 1. The monoisotopic (exact) mass is 431 g/mol. The molecule has 2 aromatic rings. The van der Waals surface area contributed by atoms with Crippen LogP contribution in [0.5, 0.6) is 0 Å². The molecule has 4 heterocycles. The number of amides is 2. The molecule has 6 rings (SSSR count). The van der Waals surface area contributed by atoms with E-state index in [1.54, 1.807) is 13.0 Å². The fourth-order valence-electron chi connectivity index (χ4n) is 5.09. The van der Waals surface area contributed by atoms with Gasteiger partial charge >= 0.3 is 6.09 Å². The molecule has 31 heavy (non-hydrogen) atoms. The first-order valence-electron chi connectivity index (χ1n) is 10.8. The molecule has 2 aliphatic heterocycles. The number of fused-ring (bicyclic) bond motifs is 2. The molecule has 2 amide bonds. The predicted molar refractivity (Wildman–Crippen MR) is 107 cm³/mol. The number of H-pyrrole nitrogens is 1. The molecule has 2 aromatic heterocycles. The van der Waals surface area contributed by atoms with Crippen molar-refractivity contribution in [2.45, 2.75) is 63.1 Å². The maximum atomic E-state index is 14.3. The summed E-state index contributed by atoms with van der Waals surface area (Å²) in [6.07, 6.45) is 2.90. The van der Waals surface area contributed by atoms with Crippen LogP contribution in [0, 0.1) is 12.8 Å². The second-order valence-corrected chi connectivity index (χ2v) is 9.19. The Bertz CT molecular complexity index is 982. The number of carbonyl (C=O) groups excluding carboxylic acids is 2. The van der Waals surface area contributed by atoms with Gasteiger partial charge in [0.2, 0.25) is 5.91 Å². The number of rotatable bonds is 5. The average Bonchev–Trinajstić information content (AvgIpc) is 3.42. The van der Waals surface area contributed by atoms with Crippen molar-refractivity contribution >= 4 is 17.8 Å². The molecule has 9 nitrogen and oxygen atoms in total. The fourth-order valence-corrected chi connectivity index (χ4v) is 5.09. The third-order valence-corrected chi connectivity index (χ3v) is 6.49. The maximum absolute atomic E-state index is 14.3. The number of aryl methyl sites for hydroxylation is 1. The van der Waals surface area contributed by atoms with Gasteiger partial charge in [-0.3, -0.25) is 9.89 Å². The first-order valence-corrected chi connectivity index (χ1v) is 10.8. The van der Waals surface area contributed by atoms with Gasteiger partial charge in [0.15, 0.2) is 5.82 Å². The Morgan fingerprint density at radius 1 is 1.39 bits per heavy atom. The topological polar surface area (TPSA) is 113 Å². The average molecular weight is 431 g/mol. The van der Waals surface area contributed by atoms with Gasteiger partial charge in [0.25, 0.3) is 0 Å². The summed E-state index contributed by atoms with van der Waals surface area (Å²) in [7, 11) is 0. The summed E-state index contributed by atoms with van der Waals surface area (Å²) in [6.45, 7) is 2.54. The number of piperidine rings is 2. The minimum Gasteiger partial charge on any atom is -0.446 e. The Labute approximate surface area is 178 Å². The van der Waals surface area contributed by atoms with Gasteiger partial charge in [-0.25, -0.2) is 9.18 Å². The molecule has 2 atom stereocenters. The number of nitrogens with one attached hydrogen (secondary N) is 2. The number of aromatic nitrogens is 3. The number of nitrogens with zero attached hydrogens (tertiary/aromatic N) is 3. The highest BCUT2D eigenvalue weighted by Gasteiger charge is 2.52. The molecule has 0 radical (unpaired) electrons. The lowest BCUT2D eigenvalue weighted by Crippen LogP contribution is -2.60. The Balaban J connectivity index is 1.11. The van der Waals surface area contributed by atoms with E-state index in [0.29, 0.717) is 37.4 Å². The van der Waals surface area contributed by atoms with E-state index in [4.69, 9.17) is 9.26 Å². The van der Waals surface area contributed by atoms with Gasteiger partial charge in [-0.05, 0) is 44.9 Å². The molecule has 4 fully saturated rings. The Morgan fingerprint density at radius 3 is 2.97 bits per heavy atom. The fraction of sp³-hybridized carbons (Fsp3) is 0.619. The zero-order valence-electron chi connectivity index (χ0n) is 17.4. The van der Waals surface area contributed by atoms with Crippen molar-refractivity contribution in [1.29, 1.82) is 0 Å². The first kappa shape index (κ1) is 20.0. The van der Waals surface area contributed by atoms with E-state index in [0.717, 1.165) is 24.2 Å². The van der Waals surface area contributed by atoms with E-state index in [-0.39, 0.29) is 36.8 Å². The minimum atomic E-state index is -1.21. The standard InChI is InChI=1S/C21H26FN5O4/c1-12-4-16(31-26-12)6-19(28)23-18-7-17(24-25-18)14-2-3-15(5-14)30-20(29)27-10-13-8-21(22,9-13)11-27/h4,7,13-15H,2-3,5-6,8-11H2,1H3,(H2,23,24,25,28)/t13?,14-,15+,21?/m0/s1. The van der Waals surface area contributed by atoms with E-state index in [1.165, 1.54) is 4.90 Å². The van der Waals surface area contributed by atoms with Crippen LogP contribution in [-0.4, -0.2) is 57.1 Å². The van der Waals surface area contributed by atoms with Gasteiger partial charge in [-0.15, -0.1) is 0 Å². The highest BCUT2D eigenvalue weighted by molar-refractivity contribution is 5.91. The van der Waals surface area contributed by atoms with E-state index in [1.807, 2.05) is 6.07 Å². The van der Waals surface area contributed by atoms with Crippen LogP contribution in [0.15, 0.2) is 16.7 Å². The van der Waals surface area contributed by atoms with Crippen LogP contribution in [0.25, 0.3) is 0 Å². The van der Waals surface area contributed by atoms with Crippen molar-refractivity contribution in [2.24, 2.45) is 5.92 Å². The van der Waals surface area contributed by atoms with Gasteiger partial charge in [-0.1, -0.05) is 5.16 Å². The second kappa shape index (κ2) is 7.65. The van der Waals surface area contributed by atoms with Gasteiger partial charge in [-0.2, -0.15) is 5.10 Å². The van der Waals surface area contributed by atoms with Gasteiger partial charge in [0, 0.05) is 30.3 Å². The smallest absolute Gasteiger partial charge is 0.410 e. The highest BCUT2D eigenvalue weighted by atomic mass is 19.1.